The van der Waals surface area contributed by atoms with E-state index in [1.54, 1.807) is 0 Å². The number of benzene rings is 1. The Hall–Kier alpha value is -1.36. The average molecular weight is 328 g/mol. The summed E-state index contributed by atoms with van der Waals surface area (Å²) in [6.07, 6.45) is 4.17. The Morgan fingerprint density at radius 1 is 1.12 bits per heavy atom. The molecule has 0 amide bonds. The van der Waals surface area contributed by atoms with Gasteiger partial charge in [0.1, 0.15) is 0 Å². The molecular formula is C20H29BO3. The predicted octanol–water partition coefficient (Wildman–Crippen LogP) is 4.42. The fraction of sp³-hybridized carbons (Fsp3) is 0.500. The second-order valence-electron chi connectivity index (χ2n) is 7.40. The standard InChI is InChI=1S/C20H29BO3/c1-7-11-15(2)18(22)17(14-16-12-9-8-10-13-16)21-23-19(3,4)20(5,6)24-21/h8-14,18,22H,7H2,1-6H3/b15-11+,17-14-. The number of rotatable bonds is 5. The van der Waals surface area contributed by atoms with Crippen molar-refractivity contribution in [3.8, 4) is 0 Å². The molecule has 0 aliphatic carbocycles. The zero-order valence-corrected chi connectivity index (χ0v) is 15.7. The van der Waals surface area contributed by atoms with Crippen molar-refractivity contribution in [3.63, 3.8) is 0 Å². The summed E-state index contributed by atoms with van der Waals surface area (Å²) >= 11 is 0. The maximum Gasteiger partial charge on any atom is 0.493 e. The molecule has 1 aliphatic heterocycles. The summed E-state index contributed by atoms with van der Waals surface area (Å²) in [6.45, 7) is 12.1. The fourth-order valence-corrected chi connectivity index (χ4v) is 2.69. The van der Waals surface area contributed by atoms with Gasteiger partial charge in [-0.05, 0) is 57.6 Å². The Labute approximate surface area is 146 Å². The third kappa shape index (κ3) is 4.00. The predicted molar refractivity (Wildman–Crippen MR) is 101 cm³/mol. The topological polar surface area (TPSA) is 38.7 Å². The van der Waals surface area contributed by atoms with Gasteiger partial charge in [-0.15, -0.1) is 0 Å². The van der Waals surface area contributed by atoms with Crippen molar-refractivity contribution in [2.75, 3.05) is 0 Å². The van der Waals surface area contributed by atoms with E-state index in [0.717, 1.165) is 23.0 Å². The average Bonchev–Trinajstić information content (AvgIpc) is 2.73. The third-order valence-corrected chi connectivity index (χ3v) is 4.93. The quantitative estimate of drug-likeness (QED) is 0.642. The Morgan fingerprint density at radius 3 is 2.17 bits per heavy atom. The lowest BCUT2D eigenvalue weighted by Crippen LogP contribution is -2.41. The van der Waals surface area contributed by atoms with Crippen LogP contribution < -0.4 is 0 Å². The summed E-state index contributed by atoms with van der Waals surface area (Å²) in [4.78, 5) is 0. The molecule has 0 spiro atoms. The molecule has 1 unspecified atom stereocenters. The molecule has 2 rings (SSSR count). The maximum atomic E-state index is 10.9. The Balaban J connectivity index is 2.41. The first-order valence-corrected chi connectivity index (χ1v) is 8.65. The first kappa shape index (κ1) is 19.0. The third-order valence-electron chi connectivity index (χ3n) is 4.93. The van der Waals surface area contributed by atoms with Crippen LogP contribution >= 0.6 is 0 Å². The van der Waals surface area contributed by atoms with Crippen molar-refractivity contribution < 1.29 is 14.4 Å². The molecule has 1 N–H and O–H groups in total. The minimum absolute atomic E-state index is 0.435. The summed E-state index contributed by atoms with van der Waals surface area (Å²) in [6, 6.07) is 9.96. The molecule has 130 valence electrons. The molecule has 1 aromatic rings. The molecule has 0 aromatic heterocycles. The smallest absolute Gasteiger partial charge is 0.399 e. The molecular weight excluding hydrogens is 299 g/mol. The molecule has 1 atom stereocenters. The van der Waals surface area contributed by atoms with Crippen LogP contribution in [0.25, 0.3) is 6.08 Å². The van der Waals surface area contributed by atoms with Crippen LogP contribution in [0.5, 0.6) is 0 Å². The van der Waals surface area contributed by atoms with E-state index in [0.29, 0.717) is 0 Å². The van der Waals surface area contributed by atoms with Gasteiger partial charge >= 0.3 is 7.12 Å². The summed E-state index contributed by atoms with van der Waals surface area (Å²) in [5.74, 6) is 0. The van der Waals surface area contributed by atoms with Gasteiger partial charge in [0.25, 0.3) is 0 Å². The van der Waals surface area contributed by atoms with Crippen molar-refractivity contribution >= 4 is 13.2 Å². The van der Waals surface area contributed by atoms with E-state index in [1.807, 2.05) is 77.1 Å². The minimum atomic E-state index is -0.722. The highest BCUT2D eigenvalue weighted by Gasteiger charge is 2.53. The molecule has 0 bridgehead atoms. The van der Waals surface area contributed by atoms with Crippen molar-refractivity contribution in [3.05, 3.63) is 53.0 Å². The van der Waals surface area contributed by atoms with E-state index in [1.165, 1.54) is 0 Å². The summed E-state index contributed by atoms with van der Waals surface area (Å²) in [5, 5.41) is 10.9. The van der Waals surface area contributed by atoms with Gasteiger partial charge in [-0.25, -0.2) is 0 Å². The highest BCUT2D eigenvalue weighted by atomic mass is 16.7. The summed E-state index contributed by atoms with van der Waals surface area (Å²) in [5.41, 5.74) is 1.80. The monoisotopic (exact) mass is 328 g/mol. The number of hydrogen-bond acceptors (Lipinski definition) is 3. The van der Waals surface area contributed by atoms with Gasteiger partial charge in [-0.3, -0.25) is 0 Å². The van der Waals surface area contributed by atoms with Crippen molar-refractivity contribution in [2.45, 2.75) is 65.3 Å². The number of aliphatic hydroxyl groups is 1. The van der Waals surface area contributed by atoms with Crippen LogP contribution in [0.4, 0.5) is 0 Å². The van der Waals surface area contributed by atoms with Crippen molar-refractivity contribution in [2.24, 2.45) is 0 Å². The number of hydrogen-bond donors (Lipinski definition) is 1. The Kier molecular flexibility index (Phi) is 5.74. The molecule has 0 saturated carbocycles. The van der Waals surface area contributed by atoms with Gasteiger partial charge in [0.15, 0.2) is 0 Å². The first-order chi connectivity index (χ1) is 11.2. The summed E-state index contributed by atoms with van der Waals surface area (Å²) < 4.78 is 12.3. The minimum Gasteiger partial charge on any atom is -0.399 e. The zero-order valence-electron chi connectivity index (χ0n) is 15.7. The number of allylic oxidation sites excluding steroid dienone is 1. The van der Waals surface area contributed by atoms with Gasteiger partial charge in [0, 0.05) is 0 Å². The lowest BCUT2D eigenvalue weighted by molar-refractivity contribution is 0.00578. The highest BCUT2D eigenvalue weighted by molar-refractivity contribution is 6.56. The van der Waals surface area contributed by atoms with Gasteiger partial charge in [-0.1, -0.05) is 49.4 Å². The molecule has 0 radical (unpaired) electrons. The lowest BCUT2D eigenvalue weighted by Gasteiger charge is -2.32. The van der Waals surface area contributed by atoms with Gasteiger partial charge in [0.05, 0.1) is 17.3 Å². The lowest BCUT2D eigenvalue weighted by atomic mass is 9.72. The number of aliphatic hydroxyl groups excluding tert-OH is 1. The van der Waals surface area contributed by atoms with E-state index in [-0.39, 0.29) is 0 Å². The van der Waals surface area contributed by atoms with E-state index in [2.05, 4.69) is 6.92 Å². The van der Waals surface area contributed by atoms with Crippen LogP contribution in [-0.2, 0) is 9.31 Å². The van der Waals surface area contributed by atoms with Gasteiger partial charge in [-0.2, -0.15) is 0 Å². The summed E-state index contributed by atoms with van der Waals surface area (Å²) in [7, 11) is -0.564. The van der Waals surface area contributed by atoms with Crippen LogP contribution in [0, 0.1) is 0 Å². The molecule has 24 heavy (non-hydrogen) atoms. The molecule has 4 heteroatoms. The van der Waals surface area contributed by atoms with Crippen molar-refractivity contribution in [1.82, 2.24) is 0 Å². The maximum absolute atomic E-state index is 10.9. The van der Waals surface area contributed by atoms with E-state index < -0.39 is 24.4 Å². The van der Waals surface area contributed by atoms with Gasteiger partial charge < -0.3 is 14.4 Å². The second-order valence-corrected chi connectivity index (χ2v) is 7.40. The van der Waals surface area contributed by atoms with E-state index in [9.17, 15) is 5.11 Å². The van der Waals surface area contributed by atoms with Crippen LogP contribution in [0.3, 0.4) is 0 Å². The van der Waals surface area contributed by atoms with E-state index in [4.69, 9.17) is 9.31 Å². The molecule has 1 aliphatic rings. The highest BCUT2D eigenvalue weighted by Crippen LogP contribution is 2.40. The van der Waals surface area contributed by atoms with Crippen LogP contribution in [0.15, 0.2) is 47.5 Å². The van der Waals surface area contributed by atoms with E-state index >= 15 is 0 Å². The van der Waals surface area contributed by atoms with Crippen LogP contribution in [-0.4, -0.2) is 29.5 Å². The van der Waals surface area contributed by atoms with Crippen molar-refractivity contribution in [1.29, 1.82) is 0 Å². The largest absolute Gasteiger partial charge is 0.493 e. The molecule has 3 nitrogen and oxygen atoms in total. The fourth-order valence-electron chi connectivity index (χ4n) is 2.69. The van der Waals surface area contributed by atoms with Crippen LogP contribution in [0.1, 0.15) is 53.5 Å². The SMILES string of the molecule is CC/C=C(\C)C(O)/C(=C/c1ccccc1)B1OC(C)(C)C(C)(C)O1. The normalized spacial score (nSPS) is 21.9. The van der Waals surface area contributed by atoms with Gasteiger partial charge in [0.2, 0.25) is 0 Å². The Bertz CT molecular complexity index is 601. The second kappa shape index (κ2) is 7.26. The zero-order chi connectivity index (χ0) is 18.0. The molecule has 1 fully saturated rings. The Morgan fingerprint density at radius 2 is 1.67 bits per heavy atom. The molecule has 1 aromatic carbocycles. The van der Waals surface area contributed by atoms with Crippen LogP contribution in [0.2, 0.25) is 0 Å². The molecule has 1 heterocycles. The first-order valence-electron chi connectivity index (χ1n) is 8.65. The molecule has 1 saturated heterocycles.